The van der Waals surface area contributed by atoms with Crippen LogP contribution in [0.2, 0.25) is 5.02 Å². The van der Waals surface area contributed by atoms with E-state index in [4.69, 9.17) is 23.8 Å². The fraction of sp³-hybridized carbons (Fsp3) is 0.286. The van der Waals surface area contributed by atoms with Gasteiger partial charge in [0.1, 0.15) is 0 Å². The topological polar surface area (TPSA) is 41.9 Å². The molecule has 2 rings (SSSR count). The molecule has 0 aliphatic heterocycles. The molecule has 0 saturated carbocycles. The monoisotopic (exact) mass is 308 g/mol. The van der Waals surface area contributed by atoms with Crippen LogP contribution in [0.4, 0.5) is 5.69 Å². The number of aryl methyl sites for hydroxylation is 1. The number of aromatic nitrogens is 2. The van der Waals surface area contributed by atoms with Crippen molar-refractivity contribution in [2.45, 2.75) is 19.9 Å². The number of nitrogens with one attached hydrogen (secondary N) is 2. The Bertz CT molecular complexity index is 568. The number of para-hydroxylation sites is 1. The third-order valence-electron chi connectivity index (χ3n) is 2.91. The Hall–Kier alpha value is -1.59. The highest BCUT2D eigenvalue weighted by molar-refractivity contribution is 7.80. The van der Waals surface area contributed by atoms with Gasteiger partial charge in [0.25, 0.3) is 0 Å². The van der Waals surface area contributed by atoms with E-state index in [0.717, 1.165) is 30.9 Å². The molecule has 2 aromatic rings. The zero-order valence-electron chi connectivity index (χ0n) is 11.3. The van der Waals surface area contributed by atoms with E-state index < -0.39 is 0 Å². The van der Waals surface area contributed by atoms with Crippen LogP contribution in [0.3, 0.4) is 0 Å². The normalized spacial score (nSPS) is 10.3. The number of benzene rings is 1. The van der Waals surface area contributed by atoms with Gasteiger partial charge in [0.2, 0.25) is 0 Å². The van der Waals surface area contributed by atoms with E-state index in [9.17, 15) is 0 Å². The molecule has 6 heteroatoms. The molecule has 0 fully saturated rings. The van der Waals surface area contributed by atoms with Crippen molar-refractivity contribution in [1.82, 2.24) is 15.1 Å². The van der Waals surface area contributed by atoms with Crippen LogP contribution in [0.5, 0.6) is 0 Å². The van der Waals surface area contributed by atoms with Gasteiger partial charge in [-0.2, -0.15) is 5.10 Å². The molecular formula is C14H17ClN4S. The molecule has 0 atom stereocenters. The summed E-state index contributed by atoms with van der Waals surface area (Å²) >= 11 is 11.2. The van der Waals surface area contributed by atoms with Crippen LogP contribution in [0.1, 0.15) is 12.1 Å². The molecule has 0 radical (unpaired) electrons. The second-order valence-electron chi connectivity index (χ2n) is 4.40. The average molecular weight is 309 g/mol. The highest BCUT2D eigenvalue weighted by Crippen LogP contribution is 2.13. The minimum Gasteiger partial charge on any atom is -0.362 e. The molecule has 4 nitrogen and oxygen atoms in total. The zero-order chi connectivity index (χ0) is 14.4. The zero-order valence-corrected chi connectivity index (χ0v) is 12.8. The minimum atomic E-state index is 0.631. The summed E-state index contributed by atoms with van der Waals surface area (Å²) in [7, 11) is 0. The summed E-state index contributed by atoms with van der Waals surface area (Å²) in [6.45, 7) is 3.57. The maximum absolute atomic E-state index is 5.95. The summed E-state index contributed by atoms with van der Waals surface area (Å²) in [5.41, 5.74) is 1.98. The molecule has 1 aromatic heterocycles. The van der Waals surface area contributed by atoms with Crippen molar-refractivity contribution in [3.05, 3.63) is 47.2 Å². The molecule has 1 aromatic carbocycles. The number of hydrogen-bond acceptors (Lipinski definition) is 2. The molecule has 0 aliphatic rings. The van der Waals surface area contributed by atoms with Crippen LogP contribution >= 0.6 is 23.8 Å². The number of hydrogen-bond donors (Lipinski definition) is 2. The molecule has 20 heavy (non-hydrogen) atoms. The highest BCUT2D eigenvalue weighted by atomic mass is 35.5. The van der Waals surface area contributed by atoms with Crippen molar-refractivity contribution in [1.29, 1.82) is 0 Å². The maximum atomic E-state index is 5.95. The fourth-order valence-electron chi connectivity index (χ4n) is 1.78. The lowest BCUT2D eigenvalue weighted by Gasteiger charge is -2.10. The quantitative estimate of drug-likeness (QED) is 0.657. The van der Waals surface area contributed by atoms with Gasteiger partial charge in [-0.15, -0.1) is 0 Å². The molecule has 0 saturated heterocycles. The summed E-state index contributed by atoms with van der Waals surface area (Å²) in [6, 6.07) is 9.86. The standard InChI is InChI=1S/C14H17ClN4S/c1-11-13(15)10-17-19(11)9-5-8-16-14(20)18-12-6-3-2-4-7-12/h2-4,6-7,10H,5,8-9H2,1H3,(H2,16,18,20). The molecule has 106 valence electrons. The van der Waals surface area contributed by atoms with Gasteiger partial charge in [0.05, 0.1) is 16.9 Å². The van der Waals surface area contributed by atoms with Crippen LogP contribution in [0.15, 0.2) is 36.5 Å². The number of halogens is 1. The number of nitrogens with zero attached hydrogens (tertiary/aromatic N) is 2. The Balaban J connectivity index is 1.68. The van der Waals surface area contributed by atoms with Crippen molar-refractivity contribution >= 4 is 34.6 Å². The van der Waals surface area contributed by atoms with Crippen LogP contribution in [0, 0.1) is 6.92 Å². The van der Waals surface area contributed by atoms with Crippen LogP contribution in [-0.4, -0.2) is 21.4 Å². The fourth-order valence-corrected chi connectivity index (χ4v) is 2.14. The lowest BCUT2D eigenvalue weighted by molar-refractivity contribution is 0.561. The van der Waals surface area contributed by atoms with Crippen molar-refractivity contribution in [2.24, 2.45) is 0 Å². The molecule has 0 aliphatic carbocycles. The second-order valence-corrected chi connectivity index (χ2v) is 5.22. The van der Waals surface area contributed by atoms with Gasteiger partial charge < -0.3 is 10.6 Å². The molecule has 0 bridgehead atoms. The van der Waals surface area contributed by atoms with Crippen molar-refractivity contribution in [3.8, 4) is 0 Å². The number of anilines is 1. The van der Waals surface area contributed by atoms with Gasteiger partial charge in [0.15, 0.2) is 5.11 Å². The van der Waals surface area contributed by atoms with Gasteiger partial charge in [0, 0.05) is 18.8 Å². The predicted octanol–water partition coefficient (Wildman–Crippen LogP) is 3.22. The van der Waals surface area contributed by atoms with Gasteiger partial charge in [-0.3, -0.25) is 4.68 Å². The lowest BCUT2D eigenvalue weighted by atomic mass is 10.3. The lowest BCUT2D eigenvalue weighted by Crippen LogP contribution is -2.29. The number of rotatable bonds is 5. The molecule has 0 spiro atoms. The van der Waals surface area contributed by atoms with E-state index in [1.807, 2.05) is 41.9 Å². The average Bonchev–Trinajstić information content (AvgIpc) is 2.76. The van der Waals surface area contributed by atoms with E-state index in [1.54, 1.807) is 6.20 Å². The summed E-state index contributed by atoms with van der Waals surface area (Å²) < 4.78 is 1.90. The summed E-state index contributed by atoms with van der Waals surface area (Å²) in [5, 5.41) is 11.9. The SMILES string of the molecule is Cc1c(Cl)cnn1CCCNC(=S)Nc1ccccc1. The first-order valence-corrected chi connectivity index (χ1v) is 7.23. The van der Waals surface area contributed by atoms with Crippen LogP contribution in [-0.2, 0) is 6.54 Å². The van der Waals surface area contributed by atoms with Crippen molar-refractivity contribution in [3.63, 3.8) is 0 Å². The van der Waals surface area contributed by atoms with Gasteiger partial charge >= 0.3 is 0 Å². The Labute approximate surface area is 129 Å². The van der Waals surface area contributed by atoms with E-state index in [1.165, 1.54) is 0 Å². The minimum absolute atomic E-state index is 0.631. The molecule has 0 unspecified atom stereocenters. The Kier molecular flexibility index (Phi) is 5.38. The van der Waals surface area contributed by atoms with E-state index in [2.05, 4.69) is 15.7 Å². The predicted molar refractivity (Wildman–Crippen MR) is 87.3 cm³/mol. The van der Waals surface area contributed by atoms with Gasteiger partial charge in [-0.05, 0) is 37.7 Å². The summed E-state index contributed by atoms with van der Waals surface area (Å²) in [5.74, 6) is 0. The largest absolute Gasteiger partial charge is 0.362 e. The Morgan fingerprint density at radius 1 is 1.35 bits per heavy atom. The molecule has 0 amide bonds. The van der Waals surface area contributed by atoms with Crippen molar-refractivity contribution in [2.75, 3.05) is 11.9 Å². The maximum Gasteiger partial charge on any atom is 0.170 e. The third-order valence-corrected chi connectivity index (χ3v) is 3.52. The highest BCUT2D eigenvalue weighted by Gasteiger charge is 2.03. The first-order valence-electron chi connectivity index (χ1n) is 6.44. The summed E-state index contributed by atoms with van der Waals surface area (Å²) in [4.78, 5) is 0. The Morgan fingerprint density at radius 3 is 2.75 bits per heavy atom. The third kappa shape index (κ3) is 4.21. The van der Waals surface area contributed by atoms with E-state index >= 15 is 0 Å². The molecule has 1 heterocycles. The number of thiocarbonyl (C=S) groups is 1. The first-order chi connectivity index (χ1) is 9.66. The van der Waals surface area contributed by atoms with Crippen molar-refractivity contribution < 1.29 is 0 Å². The van der Waals surface area contributed by atoms with E-state index in [-0.39, 0.29) is 0 Å². The van der Waals surface area contributed by atoms with E-state index in [0.29, 0.717) is 10.1 Å². The first kappa shape index (κ1) is 14.8. The van der Waals surface area contributed by atoms with Gasteiger partial charge in [-0.1, -0.05) is 29.8 Å². The van der Waals surface area contributed by atoms with Gasteiger partial charge in [-0.25, -0.2) is 0 Å². The summed E-state index contributed by atoms with van der Waals surface area (Å²) in [6.07, 6.45) is 2.60. The van der Waals surface area contributed by atoms with Crippen LogP contribution in [0.25, 0.3) is 0 Å². The molecule has 2 N–H and O–H groups in total. The smallest absolute Gasteiger partial charge is 0.170 e. The Morgan fingerprint density at radius 2 is 2.10 bits per heavy atom. The molecular weight excluding hydrogens is 292 g/mol. The van der Waals surface area contributed by atoms with Crippen LogP contribution < -0.4 is 10.6 Å². The second kappa shape index (κ2) is 7.26.